The lowest BCUT2D eigenvalue weighted by Gasteiger charge is -2.34. The fraction of sp³-hybridized carbons (Fsp3) is 0.409. The minimum absolute atomic E-state index is 0.0994. The van der Waals surface area contributed by atoms with Crippen LogP contribution in [0, 0.1) is 0 Å². The van der Waals surface area contributed by atoms with Gasteiger partial charge >= 0.3 is 5.97 Å². The van der Waals surface area contributed by atoms with Crippen LogP contribution in [0.2, 0.25) is 5.02 Å². The van der Waals surface area contributed by atoms with Crippen molar-refractivity contribution >= 4 is 17.6 Å². The molecule has 0 saturated carbocycles. The lowest BCUT2D eigenvalue weighted by Crippen LogP contribution is -2.48. The average molecular weight is 404 g/mol. The molecule has 1 aliphatic rings. The fourth-order valence-corrected chi connectivity index (χ4v) is 3.75. The Morgan fingerprint density at radius 3 is 2.86 bits per heavy atom. The van der Waals surface area contributed by atoms with Crippen molar-refractivity contribution in [3.8, 4) is 5.75 Å². The van der Waals surface area contributed by atoms with Crippen LogP contribution in [-0.4, -0.2) is 30.3 Å². The maximum atomic E-state index is 11.5. The number of carbonyl (C=O) groups excluding carboxylic acids is 1. The smallest absolute Gasteiger partial charge is 0.344 e. The molecule has 2 unspecified atom stereocenters. The van der Waals surface area contributed by atoms with Crippen molar-refractivity contribution in [2.45, 2.75) is 44.9 Å². The summed E-state index contributed by atoms with van der Waals surface area (Å²) in [6.45, 7) is 3.75. The third kappa shape index (κ3) is 5.25. The van der Waals surface area contributed by atoms with Gasteiger partial charge in [0.25, 0.3) is 0 Å². The molecule has 150 valence electrons. The van der Waals surface area contributed by atoms with E-state index in [2.05, 4.69) is 5.32 Å². The first-order valence-corrected chi connectivity index (χ1v) is 9.91. The third-order valence-electron chi connectivity index (χ3n) is 4.94. The molecular weight excluding hydrogens is 378 g/mol. The Morgan fingerprint density at radius 2 is 2.11 bits per heavy atom. The van der Waals surface area contributed by atoms with Crippen molar-refractivity contribution in [3.05, 3.63) is 64.2 Å². The molecule has 5 nitrogen and oxygen atoms in total. The quantitative estimate of drug-likeness (QED) is 0.546. The number of benzene rings is 2. The summed E-state index contributed by atoms with van der Waals surface area (Å²) in [6.07, 6.45) is 2.60. The molecule has 2 aromatic rings. The number of fused-ring (bicyclic) bond motifs is 1. The normalized spacial score (nSPS) is 18.1. The number of ether oxygens (including phenoxy) is 2. The Balaban J connectivity index is 1.66. The molecule has 0 spiro atoms. The first kappa shape index (κ1) is 20.6. The number of rotatable bonds is 7. The minimum atomic E-state index is -1.18. The van der Waals surface area contributed by atoms with E-state index in [9.17, 15) is 9.90 Å². The van der Waals surface area contributed by atoms with Gasteiger partial charge in [-0.25, -0.2) is 4.79 Å². The molecule has 0 aromatic heterocycles. The van der Waals surface area contributed by atoms with Crippen molar-refractivity contribution in [2.75, 3.05) is 13.2 Å². The first-order valence-electron chi connectivity index (χ1n) is 9.53. The van der Waals surface area contributed by atoms with E-state index >= 15 is 0 Å². The summed E-state index contributed by atoms with van der Waals surface area (Å²) in [5, 5.41) is 14.9. The van der Waals surface area contributed by atoms with Gasteiger partial charge in [0.1, 0.15) is 11.5 Å². The van der Waals surface area contributed by atoms with Crippen LogP contribution in [0.4, 0.5) is 0 Å². The summed E-state index contributed by atoms with van der Waals surface area (Å²) >= 11 is 6.06. The number of aryl methyl sites for hydroxylation is 1. The number of halogens is 1. The molecule has 28 heavy (non-hydrogen) atoms. The highest BCUT2D eigenvalue weighted by molar-refractivity contribution is 6.30. The zero-order valence-electron chi connectivity index (χ0n) is 16.2. The van der Waals surface area contributed by atoms with Gasteiger partial charge in [-0.2, -0.15) is 0 Å². The molecule has 0 bridgehead atoms. The molecule has 2 aromatic carbocycles. The van der Waals surface area contributed by atoms with Crippen molar-refractivity contribution in [1.82, 2.24) is 5.32 Å². The number of hydrogen-bond acceptors (Lipinski definition) is 5. The minimum Gasteiger partial charge on any atom is -0.482 e. The Kier molecular flexibility index (Phi) is 6.60. The Bertz CT molecular complexity index is 837. The summed E-state index contributed by atoms with van der Waals surface area (Å²) in [5.74, 6) is 0.270. The topological polar surface area (TPSA) is 67.8 Å². The van der Waals surface area contributed by atoms with Gasteiger partial charge in [0, 0.05) is 11.1 Å². The molecule has 0 aliphatic heterocycles. The monoisotopic (exact) mass is 403 g/mol. The molecule has 0 radical (unpaired) electrons. The molecule has 6 heteroatoms. The average Bonchev–Trinajstić information content (AvgIpc) is 2.66. The van der Waals surface area contributed by atoms with E-state index in [0.29, 0.717) is 17.4 Å². The van der Waals surface area contributed by atoms with E-state index in [1.54, 1.807) is 26.0 Å². The standard InChI is InChI=1S/C22H26ClNO4/c1-3-27-21(25)14-28-20-10-8-15-7-9-19(11-16(15)12-20)24-22(2,26)17-5-4-6-18(23)13-17/h4-6,8,10,12-13,19,24,26H,3,7,9,11,14H2,1-2H3. The van der Waals surface area contributed by atoms with Gasteiger partial charge in [0.05, 0.1) is 6.61 Å². The molecule has 1 aliphatic carbocycles. The molecule has 0 amide bonds. The molecule has 2 N–H and O–H groups in total. The second-order valence-electron chi connectivity index (χ2n) is 7.19. The summed E-state index contributed by atoms with van der Waals surface area (Å²) < 4.78 is 10.4. The SMILES string of the molecule is CCOC(=O)COc1ccc2c(c1)CC(NC(C)(O)c1cccc(Cl)c1)CC2. The number of hydrogen-bond donors (Lipinski definition) is 2. The molecule has 0 saturated heterocycles. The molecule has 2 atom stereocenters. The van der Waals surface area contributed by atoms with Gasteiger partial charge in [-0.3, -0.25) is 5.32 Å². The van der Waals surface area contributed by atoms with Crippen molar-refractivity contribution in [2.24, 2.45) is 0 Å². The van der Waals surface area contributed by atoms with Crippen LogP contribution in [0.5, 0.6) is 5.75 Å². The summed E-state index contributed by atoms with van der Waals surface area (Å²) in [5.41, 5.74) is 1.98. The first-order chi connectivity index (χ1) is 13.4. The molecular formula is C22H26ClNO4. The van der Waals surface area contributed by atoms with E-state index in [-0.39, 0.29) is 18.6 Å². The van der Waals surface area contributed by atoms with Crippen molar-refractivity contribution in [3.63, 3.8) is 0 Å². The van der Waals surface area contributed by atoms with Gasteiger partial charge < -0.3 is 14.6 Å². The van der Waals surface area contributed by atoms with Crippen LogP contribution in [-0.2, 0) is 28.1 Å². The van der Waals surface area contributed by atoms with Gasteiger partial charge in [-0.1, -0.05) is 29.8 Å². The third-order valence-corrected chi connectivity index (χ3v) is 5.18. The Labute approximate surface area is 170 Å². The predicted octanol–water partition coefficient (Wildman–Crippen LogP) is 3.59. The van der Waals surface area contributed by atoms with E-state index in [0.717, 1.165) is 30.4 Å². The number of esters is 1. The highest BCUT2D eigenvalue weighted by Gasteiger charge is 2.29. The molecule has 0 fully saturated rings. The maximum absolute atomic E-state index is 11.5. The van der Waals surface area contributed by atoms with E-state index in [4.69, 9.17) is 21.1 Å². The lowest BCUT2D eigenvalue weighted by atomic mass is 9.87. The van der Waals surface area contributed by atoms with Crippen LogP contribution >= 0.6 is 11.6 Å². The van der Waals surface area contributed by atoms with Crippen LogP contribution in [0.25, 0.3) is 0 Å². The molecule has 3 rings (SSSR count). The maximum Gasteiger partial charge on any atom is 0.344 e. The highest BCUT2D eigenvalue weighted by atomic mass is 35.5. The second-order valence-corrected chi connectivity index (χ2v) is 7.63. The zero-order valence-corrected chi connectivity index (χ0v) is 17.0. The largest absolute Gasteiger partial charge is 0.482 e. The van der Waals surface area contributed by atoms with Gasteiger partial charge in [-0.05, 0) is 74.1 Å². The number of aliphatic hydroxyl groups is 1. The summed E-state index contributed by atoms with van der Waals surface area (Å²) in [6, 6.07) is 13.3. The van der Waals surface area contributed by atoms with Gasteiger partial charge in [0.2, 0.25) is 0 Å². The molecule has 0 heterocycles. The lowest BCUT2D eigenvalue weighted by molar-refractivity contribution is -0.145. The summed E-state index contributed by atoms with van der Waals surface area (Å²) in [7, 11) is 0. The van der Waals surface area contributed by atoms with Crippen molar-refractivity contribution < 1.29 is 19.4 Å². The van der Waals surface area contributed by atoms with Crippen molar-refractivity contribution in [1.29, 1.82) is 0 Å². The van der Waals surface area contributed by atoms with Crippen LogP contribution in [0.1, 0.15) is 37.0 Å². The van der Waals surface area contributed by atoms with Crippen LogP contribution < -0.4 is 10.1 Å². The zero-order chi connectivity index (χ0) is 20.1. The van der Waals surface area contributed by atoms with Crippen LogP contribution in [0.3, 0.4) is 0 Å². The summed E-state index contributed by atoms with van der Waals surface area (Å²) in [4.78, 5) is 11.5. The van der Waals surface area contributed by atoms with E-state index < -0.39 is 5.72 Å². The Morgan fingerprint density at radius 1 is 1.29 bits per heavy atom. The fourth-order valence-electron chi connectivity index (χ4n) is 3.56. The number of carbonyl (C=O) groups is 1. The Hall–Kier alpha value is -2.08. The highest BCUT2D eigenvalue weighted by Crippen LogP contribution is 2.28. The van der Waals surface area contributed by atoms with Gasteiger partial charge in [-0.15, -0.1) is 0 Å². The van der Waals surface area contributed by atoms with Gasteiger partial charge in [0.15, 0.2) is 6.61 Å². The predicted molar refractivity (Wildman–Crippen MR) is 109 cm³/mol. The van der Waals surface area contributed by atoms with E-state index in [1.807, 2.05) is 30.3 Å². The number of nitrogens with one attached hydrogen (secondary N) is 1. The van der Waals surface area contributed by atoms with Crippen LogP contribution in [0.15, 0.2) is 42.5 Å². The second kappa shape index (κ2) is 8.95. The van der Waals surface area contributed by atoms with E-state index in [1.165, 1.54) is 5.56 Å².